The number of aliphatic hydroxyl groups excluding tert-OH is 1. The van der Waals surface area contributed by atoms with Gasteiger partial charge < -0.3 is 9.84 Å². The van der Waals surface area contributed by atoms with Gasteiger partial charge in [-0.2, -0.15) is 0 Å². The first-order valence-corrected chi connectivity index (χ1v) is 7.18. The van der Waals surface area contributed by atoms with Crippen molar-refractivity contribution in [2.24, 2.45) is 5.41 Å². The monoisotopic (exact) mass is 261 g/mol. The zero-order chi connectivity index (χ0) is 13.5. The summed E-state index contributed by atoms with van der Waals surface area (Å²) in [6, 6.07) is 6.75. The van der Waals surface area contributed by atoms with Gasteiger partial charge in [0.25, 0.3) is 0 Å². The van der Waals surface area contributed by atoms with Gasteiger partial charge in [-0.25, -0.2) is 0 Å². The van der Waals surface area contributed by atoms with Crippen LogP contribution in [0.1, 0.15) is 36.4 Å². The molecule has 0 spiro atoms. The fourth-order valence-electron chi connectivity index (χ4n) is 3.79. The highest BCUT2D eigenvalue weighted by molar-refractivity contribution is 5.40. The Hall–Kier alpha value is -1.06. The summed E-state index contributed by atoms with van der Waals surface area (Å²) in [6.07, 6.45) is 4.60. The van der Waals surface area contributed by atoms with Gasteiger partial charge in [-0.1, -0.05) is 12.5 Å². The van der Waals surface area contributed by atoms with E-state index in [9.17, 15) is 5.11 Å². The lowest BCUT2D eigenvalue weighted by atomic mass is 9.61. The third-order valence-corrected chi connectivity index (χ3v) is 5.07. The zero-order valence-electron chi connectivity index (χ0n) is 11.9. The highest BCUT2D eigenvalue weighted by atomic mass is 16.5. The Morgan fingerprint density at radius 2 is 2.21 bits per heavy atom. The third kappa shape index (κ3) is 1.96. The normalized spacial score (nSPS) is 25.5. The number of rotatable bonds is 3. The van der Waals surface area contributed by atoms with Crippen LogP contribution in [0.2, 0.25) is 0 Å². The lowest BCUT2D eigenvalue weighted by Crippen LogP contribution is -2.48. The molecule has 0 saturated heterocycles. The molecule has 0 aromatic heterocycles. The maximum atomic E-state index is 9.90. The van der Waals surface area contributed by atoms with Crippen molar-refractivity contribution in [3.8, 4) is 5.75 Å². The number of benzene rings is 1. The molecule has 1 aliphatic carbocycles. The van der Waals surface area contributed by atoms with Crippen LogP contribution < -0.4 is 4.74 Å². The van der Waals surface area contributed by atoms with E-state index in [1.807, 2.05) is 6.07 Å². The van der Waals surface area contributed by atoms with Crippen LogP contribution in [0.15, 0.2) is 18.2 Å². The molecule has 1 atom stereocenters. The smallest absolute Gasteiger partial charge is 0.119 e. The van der Waals surface area contributed by atoms with Crippen molar-refractivity contribution in [2.45, 2.75) is 31.7 Å². The molecule has 1 aromatic rings. The molecule has 3 heteroatoms. The summed E-state index contributed by atoms with van der Waals surface area (Å²) in [7, 11) is 3.90. The zero-order valence-corrected chi connectivity index (χ0v) is 11.9. The molecule has 1 fully saturated rings. The summed E-state index contributed by atoms with van der Waals surface area (Å²) >= 11 is 0. The fraction of sp³-hybridized carbons (Fsp3) is 0.625. The van der Waals surface area contributed by atoms with Crippen LogP contribution in [-0.4, -0.2) is 37.3 Å². The quantitative estimate of drug-likeness (QED) is 0.907. The van der Waals surface area contributed by atoms with Crippen molar-refractivity contribution in [3.05, 3.63) is 29.3 Å². The van der Waals surface area contributed by atoms with Gasteiger partial charge in [0.1, 0.15) is 5.75 Å². The number of methoxy groups -OCH3 is 1. The van der Waals surface area contributed by atoms with Crippen LogP contribution in [0.4, 0.5) is 0 Å². The van der Waals surface area contributed by atoms with Crippen LogP contribution in [0.5, 0.6) is 5.75 Å². The number of likely N-dealkylation sites (N-methyl/N-ethyl adjacent to an activating group) is 1. The van der Waals surface area contributed by atoms with Crippen molar-refractivity contribution in [3.63, 3.8) is 0 Å². The first-order valence-electron chi connectivity index (χ1n) is 7.18. The maximum Gasteiger partial charge on any atom is 0.119 e. The third-order valence-electron chi connectivity index (χ3n) is 5.07. The molecule has 1 heterocycles. The molecule has 1 aromatic carbocycles. The van der Waals surface area contributed by atoms with Crippen molar-refractivity contribution in [2.75, 3.05) is 27.3 Å². The van der Waals surface area contributed by atoms with Crippen LogP contribution in [0.3, 0.4) is 0 Å². The summed E-state index contributed by atoms with van der Waals surface area (Å²) in [5, 5.41) is 9.90. The molecule has 2 aliphatic rings. The SMILES string of the molecule is COc1ccc2c(c1)C(C1(CO)CCC1)N(C)CC2. The lowest BCUT2D eigenvalue weighted by Gasteiger charge is -2.52. The number of hydrogen-bond donors (Lipinski definition) is 1. The number of nitrogens with zero attached hydrogens (tertiary/aromatic N) is 1. The van der Waals surface area contributed by atoms with Gasteiger partial charge in [0.05, 0.1) is 13.7 Å². The highest BCUT2D eigenvalue weighted by Gasteiger charge is 2.47. The van der Waals surface area contributed by atoms with Gasteiger partial charge in [-0.15, -0.1) is 0 Å². The van der Waals surface area contributed by atoms with E-state index in [1.165, 1.54) is 17.5 Å². The van der Waals surface area contributed by atoms with E-state index in [1.54, 1.807) is 7.11 Å². The van der Waals surface area contributed by atoms with Gasteiger partial charge >= 0.3 is 0 Å². The minimum Gasteiger partial charge on any atom is -0.497 e. The average Bonchev–Trinajstić information content (AvgIpc) is 2.40. The number of aliphatic hydroxyl groups is 1. The van der Waals surface area contributed by atoms with E-state index in [0.717, 1.165) is 31.6 Å². The van der Waals surface area contributed by atoms with Crippen molar-refractivity contribution < 1.29 is 9.84 Å². The van der Waals surface area contributed by atoms with Gasteiger partial charge in [0.15, 0.2) is 0 Å². The topological polar surface area (TPSA) is 32.7 Å². The summed E-state index contributed by atoms with van der Waals surface area (Å²) in [5.41, 5.74) is 2.85. The van der Waals surface area contributed by atoms with Crippen LogP contribution >= 0.6 is 0 Å². The van der Waals surface area contributed by atoms with Gasteiger partial charge in [-0.3, -0.25) is 4.90 Å². The molecule has 3 nitrogen and oxygen atoms in total. The molecule has 1 aliphatic heterocycles. The molecule has 1 unspecified atom stereocenters. The van der Waals surface area contributed by atoms with Gasteiger partial charge in [0.2, 0.25) is 0 Å². The molecule has 19 heavy (non-hydrogen) atoms. The van der Waals surface area contributed by atoms with Crippen molar-refractivity contribution in [1.82, 2.24) is 4.90 Å². The Bertz CT molecular complexity index is 462. The molecular weight excluding hydrogens is 238 g/mol. The number of hydrogen-bond acceptors (Lipinski definition) is 3. The Morgan fingerprint density at radius 3 is 2.79 bits per heavy atom. The minimum atomic E-state index is 0.0658. The van der Waals surface area contributed by atoms with Crippen LogP contribution in [0.25, 0.3) is 0 Å². The van der Waals surface area contributed by atoms with E-state index in [-0.39, 0.29) is 5.41 Å². The fourth-order valence-corrected chi connectivity index (χ4v) is 3.79. The van der Waals surface area contributed by atoms with Crippen LogP contribution in [-0.2, 0) is 6.42 Å². The maximum absolute atomic E-state index is 9.90. The van der Waals surface area contributed by atoms with E-state index in [2.05, 4.69) is 24.1 Å². The molecule has 1 saturated carbocycles. The van der Waals surface area contributed by atoms with E-state index in [4.69, 9.17) is 4.74 Å². The second kappa shape index (κ2) is 4.80. The van der Waals surface area contributed by atoms with E-state index in [0.29, 0.717) is 12.6 Å². The Balaban J connectivity index is 2.04. The van der Waals surface area contributed by atoms with Crippen molar-refractivity contribution in [1.29, 1.82) is 0 Å². The Morgan fingerprint density at radius 1 is 1.42 bits per heavy atom. The molecule has 0 bridgehead atoms. The molecule has 104 valence electrons. The summed E-state index contributed by atoms with van der Waals surface area (Å²) < 4.78 is 5.38. The predicted molar refractivity (Wildman–Crippen MR) is 75.4 cm³/mol. The second-order valence-electron chi connectivity index (χ2n) is 6.07. The Labute approximate surface area is 115 Å². The lowest BCUT2D eigenvalue weighted by molar-refractivity contribution is -0.0422. The molecule has 0 radical (unpaired) electrons. The van der Waals surface area contributed by atoms with Crippen LogP contribution in [0, 0.1) is 5.41 Å². The largest absolute Gasteiger partial charge is 0.497 e. The van der Waals surface area contributed by atoms with Crippen molar-refractivity contribution >= 4 is 0 Å². The molecule has 3 rings (SSSR count). The molecule has 1 N–H and O–H groups in total. The molecule has 0 amide bonds. The average molecular weight is 261 g/mol. The second-order valence-corrected chi connectivity index (χ2v) is 6.07. The first kappa shape index (κ1) is 12.9. The standard InChI is InChI=1S/C16H23NO2/c1-17-9-6-12-4-5-13(19-2)10-14(12)15(17)16(11-18)7-3-8-16/h4-5,10,15,18H,3,6-9,11H2,1-2H3. The number of fused-ring (bicyclic) bond motifs is 1. The minimum absolute atomic E-state index is 0.0658. The van der Waals surface area contributed by atoms with E-state index >= 15 is 0 Å². The molecular formula is C16H23NO2. The number of ether oxygens (including phenoxy) is 1. The summed E-state index contributed by atoms with van der Waals surface area (Å²) in [5.74, 6) is 0.923. The highest BCUT2D eigenvalue weighted by Crippen LogP contribution is 2.54. The first-order chi connectivity index (χ1) is 9.20. The van der Waals surface area contributed by atoms with Gasteiger partial charge in [0, 0.05) is 18.0 Å². The Kier molecular flexibility index (Phi) is 3.27. The van der Waals surface area contributed by atoms with E-state index < -0.39 is 0 Å². The predicted octanol–water partition coefficient (Wildman–Crippen LogP) is 2.39. The summed E-state index contributed by atoms with van der Waals surface area (Å²) in [4.78, 5) is 2.41. The summed E-state index contributed by atoms with van der Waals surface area (Å²) in [6.45, 7) is 1.37. The van der Waals surface area contributed by atoms with Gasteiger partial charge in [-0.05, 0) is 49.6 Å².